The van der Waals surface area contributed by atoms with Crippen LogP contribution in [0.3, 0.4) is 0 Å². The fraction of sp³-hybridized carbons (Fsp3) is 0.455. The van der Waals surface area contributed by atoms with E-state index in [1.54, 1.807) is 0 Å². The second-order valence-electron chi connectivity index (χ2n) is 3.07. The van der Waals surface area contributed by atoms with Crippen molar-refractivity contribution in [3.63, 3.8) is 0 Å². The summed E-state index contributed by atoms with van der Waals surface area (Å²) < 4.78 is 1.27. The van der Waals surface area contributed by atoms with Gasteiger partial charge < -0.3 is 0 Å². The minimum absolute atomic E-state index is 1.05. The molecular weight excluding hydrogens is 225 g/mol. The van der Waals surface area contributed by atoms with Crippen molar-refractivity contribution in [2.45, 2.75) is 20.4 Å². The Morgan fingerprint density at radius 3 is 2.31 bits per heavy atom. The monoisotopic (exact) mass is 242 g/mol. The van der Waals surface area contributed by atoms with E-state index < -0.39 is 0 Å². The van der Waals surface area contributed by atoms with Crippen molar-refractivity contribution in [2.24, 2.45) is 0 Å². The van der Waals surface area contributed by atoms with Crippen LogP contribution in [0.4, 0.5) is 0 Å². The van der Waals surface area contributed by atoms with Gasteiger partial charge in [-0.3, -0.25) is 0 Å². The summed E-state index contributed by atoms with van der Waals surface area (Å²) in [7, 11) is 0. The predicted molar refractivity (Wildman–Crippen MR) is 58.5 cm³/mol. The fourth-order valence-electron chi connectivity index (χ4n) is 1.32. The Hall–Kier alpha value is -0.301. The van der Waals surface area contributed by atoms with Crippen molar-refractivity contribution in [2.75, 3.05) is 13.1 Å². The molecule has 0 amide bonds. The van der Waals surface area contributed by atoms with Crippen LogP contribution in [0.2, 0.25) is 0 Å². The summed E-state index contributed by atoms with van der Waals surface area (Å²) in [5, 5.41) is 0. The molecule has 0 N–H and O–H groups in total. The summed E-state index contributed by atoms with van der Waals surface area (Å²) in [6, 6.07) is 8.47. The van der Waals surface area contributed by atoms with Gasteiger partial charge in [-0.25, -0.2) is 0 Å². The molecule has 0 fully saturated rings. The average molecular weight is 241 g/mol. The quantitative estimate of drug-likeness (QED) is 0.719. The van der Waals surface area contributed by atoms with Gasteiger partial charge in [0.25, 0.3) is 0 Å². The van der Waals surface area contributed by atoms with Crippen molar-refractivity contribution in [3.8, 4) is 0 Å². The van der Waals surface area contributed by atoms with E-state index >= 15 is 0 Å². The van der Waals surface area contributed by atoms with Gasteiger partial charge in [0.2, 0.25) is 0 Å². The minimum atomic E-state index is 1.05. The zero-order chi connectivity index (χ0) is 9.68. The molecule has 2 heteroatoms. The van der Waals surface area contributed by atoms with Gasteiger partial charge in [0, 0.05) is 0 Å². The number of rotatable bonds is 4. The van der Waals surface area contributed by atoms with Crippen LogP contribution in [-0.2, 0) is 6.54 Å². The molecule has 0 unspecified atom stereocenters. The molecule has 0 saturated heterocycles. The Bertz CT molecular complexity index is 256. The third kappa shape index (κ3) is 3.15. The van der Waals surface area contributed by atoms with Crippen molar-refractivity contribution in [3.05, 3.63) is 29.8 Å². The Morgan fingerprint density at radius 2 is 1.77 bits per heavy atom. The summed E-state index contributed by atoms with van der Waals surface area (Å²) in [4.78, 5) is 2.41. The Morgan fingerprint density at radius 1 is 1.15 bits per heavy atom. The van der Waals surface area contributed by atoms with Crippen LogP contribution in [-0.4, -0.2) is 34.0 Å². The van der Waals surface area contributed by atoms with Crippen LogP contribution < -0.4 is 4.46 Å². The van der Waals surface area contributed by atoms with Gasteiger partial charge in [0.05, 0.1) is 0 Å². The first kappa shape index (κ1) is 10.8. The van der Waals surface area contributed by atoms with Crippen LogP contribution >= 0.6 is 0 Å². The van der Waals surface area contributed by atoms with Crippen molar-refractivity contribution < 1.29 is 0 Å². The summed E-state index contributed by atoms with van der Waals surface area (Å²) >= 11 is 3.10. The Kier molecular flexibility index (Phi) is 4.51. The average Bonchev–Trinajstić information content (AvgIpc) is 2.17. The molecule has 0 aliphatic heterocycles. The number of hydrogen-bond donors (Lipinski definition) is 0. The molecule has 0 aromatic heterocycles. The zero-order valence-corrected chi connectivity index (χ0v) is 10.00. The molecule has 0 radical (unpaired) electrons. The Balaban J connectivity index is 2.67. The number of hydrogen-bond acceptors (Lipinski definition) is 1. The molecule has 0 atom stereocenters. The van der Waals surface area contributed by atoms with Gasteiger partial charge >= 0.3 is 88.7 Å². The van der Waals surface area contributed by atoms with Gasteiger partial charge in [-0.15, -0.1) is 0 Å². The molecule has 0 saturated carbocycles. The van der Waals surface area contributed by atoms with E-state index in [0.29, 0.717) is 0 Å². The first-order valence-corrected chi connectivity index (χ1v) is 5.60. The molecule has 72 valence electrons. The standard InChI is InChI=1S/C11H17NSe/c1-3-12(4-2)9-10-7-5-6-8-11(10)13/h5-8,13H,3-4,9H2,1-2H3/p-1. The topological polar surface area (TPSA) is 3.24 Å². The van der Waals surface area contributed by atoms with E-state index in [9.17, 15) is 0 Å². The molecule has 1 aromatic carbocycles. The first-order chi connectivity index (χ1) is 6.27. The van der Waals surface area contributed by atoms with Crippen LogP contribution in [0.5, 0.6) is 0 Å². The molecule has 0 bridgehead atoms. The van der Waals surface area contributed by atoms with Crippen LogP contribution in [0, 0.1) is 0 Å². The van der Waals surface area contributed by atoms with Crippen molar-refractivity contribution >= 4 is 20.5 Å². The van der Waals surface area contributed by atoms with Crippen molar-refractivity contribution in [1.82, 2.24) is 4.90 Å². The molecule has 1 rings (SSSR count). The third-order valence-corrected chi connectivity index (χ3v) is 3.10. The third-order valence-electron chi connectivity index (χ3n) is 2.26. The van der Waals surface area contributed by atoms with Crippen LogP contribution in [0.1, 0.15) is 19.4 Å². The fourth-order valence-corrected chi connectivity index (χ4v) is 1.77. The molecular formula is C11H16NSe-. The van der Waals surface area contributed by atoms with Gasteiger partial charge in [-0.05, 0) is 0 Å². The second-order valence-corrected chi connectivity index (χ2v) is 3.99. The van der Waals surface area contributed by atoms with E-state index in [-0.39, 0.29) is 0 Å². The number of nitrogens with zero attached hydrogens (tertiary/aromatic N) is 1. The predicted octanol–water partition coefficient (Wildman–Crippen LogP) is 1.32. The number of benzene rings is 1. The van der Waals surface area contributed by atoms with Gasteiger partial charge in [0.1, 0.15) is 0 Å². The Labute approximate surface area is 89.0 Å². The molecule has 0 aliphatic rings. The van der Waals surface area contributed by atoms with Gasteiger partial charge in [-0.1, -0.05) is 0 Å². The summed E-state index contributed by atoms with van der Waals surface area (Å²) in [5.74, 6) is 0. The van der Waals surface area contributed by atoms with E-state index in [1.165, 1.54) is 10.0 Å². The van der Waals surface area contributed by atoms with Gasteiger partial charge in [0.15, 0.2) is 0 Å². The van der Waals surface area contributed by atoms with E-state index in [1.807, 2.05) is 0 Å². The normalized spacial score (nSPS) is 10.7. The van der Waals surface area contributed by atoms with Crippen LogP contribution in [0.15, 0.2) is 24.3 Å². The summed E-state index contributed by atoms with van der Waals surface area (Å²) in [6.45, 7) is 7.68. The zero-order valence-electron chi connectivity index (χ0n) is 8.29. The molecule has 0 aliphatic carbocycles. The van der Waals surface area contributed by atoms with Gasteiger partial charge in [-0.2, -0.15) is 0 Å². The second kappa shape index (κ2) is 5.43. The maximum absolute atomic E-state index is 3.10. The molecule has 0 heterocycles. The van der Waals surface area contributed by atoms with E-state index in [2.05, 4.69) is 59.0 Å². The SMILES string of the molecule is CCN(CC)Cc1ccccc1[Se-]. The summed E-state index contributed by atoms with van der Waals surface area (Å²) in [6.07, 6.45) is 0. The van der Waals surface area contributed by atoms with Crippen LogP contribution in [0.25, 0.3) is 0 Å². The van der Waals surface area contributed by atoms with Crippen molar-refractivity contribution in [1.29, 1.82) is 0 Å². The first-order valence-electron chi connectivity index (χ1n) is 4.75. The molecule has 1 nitrogen and oxygen atoms in total. The molecule has 13 heavy (non-hydrogen) atoms. The molecule has 1 aromatic rings. The summed E-state index contributed by atoms with van der Waals surface area (Å²) in [5.41, 5.74) is 1.39. The van der Waals surface area contributed by atoms with E-state index in [4.69, 9.17) is 0 Å². The van der Waals surface area contributed by atoms with E-state index in [0.717, 1.165) is 19.6 Å². The maximum atomic E-state index is 3.10. The molecule has 0 spiro atoms.